The molecule has 6 nitrogen and oxygen atoms in total. The van der Waals surface area contributed by atoms with Gasteiger partial charge in [0.2, 0.25) is 0 Å². The minimum Gasteiger partial charge on any atom is -0.495 e. The smallest absolute Gasteiger partial charge is 0.274 e. The van der Waals surface area contributed by atoms with E-state index in [-0.39, 0.29) is 17.3 Å². The Hall–Kier alpha value is -3.67. The molecule has 0 bridgehead atoms. The molecule has 0 spiro atoms. The highest BCUT2D eigenvalue weighted by Crippen LogP contribution is 2.25. The molecule has 0 unspecified atom stereocenters. The van der Waals surface area contributed by atoms with Gasteiger partial charge in [0.1, 0.15) is 17.1 Å². The van der Waals surface area contributed by atoms with Crippen molar-refractivity contribution in [3.05, 3.63) is 83.2 Å². The molecule has 0 saturated carbocycles. The molecule has 29 heavy (non-hydrogen) atoms. The number of hydrogen-bond acceptors (Lipinski definition) is 4. The van der Waals surface area contributed by atoms with Crippen molar-refractivity contribution in [2.24, 2.45) is 0 Å². The Morgan fingerprint density at radius 2 is 1.59 bits per heavy atom. The first kappa shape index (κ1) is 20.1. The van der Waals surface area contributed by atoms with E-state index in [2.05, 4.69) is 22.5 Å². The van der Waals surface area contributed by atoms with Gasteiger partial charge in [0, 0.05) is 5.69 Å². The maximum absolute atomic E-state index is 12.6. The highest BCUT2D eigenvalue weighted by Gasteiger charge is 2.14. The molecule has 0 aliphatic heterocycles. The quantitative estimate of drug-likeness (QED) is 0.652. The van der Waals surface area contributed by atoms with Crippen LogP contribution in [0.4, 0.5) is 11.4 Å². The van der Waals surface area contributed by atoms with Gasteiger partial charge in [-0.25, -0.2) is 4.98 Å². The second-order valence-electron chi connectivity index (χ2n) is 6.57. The number of hydrogen-bond donors (Lipinski definition) is 2. The summed E-state index contributed by atoms with van der Waals surface area (Å²) in [6, 6.07) is 17.9. The van der Waals surface area contributed by atoms with Gasteiger partial charge in [-0.15, -0.1) is 0 Å². The average Bonchev–Trinajstić information content (AvgIpc) is 2.74. The molecule has 0 aliphatic rings. The molecule has 2 amide bonds. The zero-order valence-electron chi connectivity index (χ0n) is 16.7. The third-order valence-electron chi connectivity index (χ3n) is 4.44. The highest BCUT2D eigenvalue weighted by atomic mass is 16.5. The lowest BCUT2D eigenvalue weighted by atomic mass is 10.1. The summed E-state index contributed by atoms with van der Waals surface area (Å²) in [5.74, 6) is -0.249. The molecular weight excluding hydrogens is 366 g/mol. The number of carbonyl (C=O) groups excluding carboxylic acids is 2. The Morgan fingerprint density at radius 1 is 0.931 bits per heavy atom. The van der Waals surface area contributed by atoms with Crippen molar-refractivity contribution >= 4 is 23.2 Å². The number of aromatic nitrogens is 1. The fourth-order valence-electron chi connectivity index (χ4n) is 2.81. The van der Waals surface area contributed by atoms with E-state index in [1.807, 2.05) is 43.3 Å². The number of pyridine rings is 1. The largest absolute Gasteiger partial charge is 0.495 e. The summed E-state index contributed by atoms with van der Waals surface area (Å²) in [7, 11) is 1.54. The Morgan fingerprint density at radius 3 is 2.21 bits per heavy atom. The lowest BCUT2D eigenvalue weighted by Crippen LogP contribution is -2.18. The van der Waals surface area contributed by atoms with Crippen LogP contribution in [-0.4, -0.2) is 23.9 Å². The Labute approximate surface area is 169 Å². The molecule has 1 heterocycles. The van der Waals surface area contributed by atoms with E-state index < -0.39 is 5.91 Å². The number of amides is 2. The minimum atomic E-state index is -0.421. The van der Waals surface area contributed by atoms with Crippen molar-refractivity contribution in [1.29, 1.82) is 0 Å². The summed E-state index contributed by atoms with van der Waals surface area (Å²) >= 11 is 0. The van der Waals surface area contributed by atoms with Crippen LogP contribution in [0, 0.1) is 6.92 Å². The van der Waals surface area contributed by atoms with Gasteiger partial charge in [-0.05, 0) is 60.9 Å². The molecule has 0 radical (unpaired) electrons. The van der Waals surface area contributed by atoms with Crippen LogP contribution in [0.15, 0.2) is 60.7 Å². The van der Waals surface area contributed by atoms with E-state index in [9.17, 15) is 9.59 Å². The van der Waals surface area contributed by atoms with E-state index in [1.54, 1.807) is 24.3 Å². The molecule has 0 atom stereocenters. The Kier molecular flexibility index (Phi) is 6.24. The molecule has 0 aliphatic carbocycles. The number of carbonyl (C=O) groups is 2. The van der Waals surface area contributed by atoms with Gasteiger partial charge in [0.05, 0.1) is 12.8 Å². The van der Waals surface area contributed by atoms with E-state index in [4.69, 9.17) is 4.74 Å². The van der Waals surface area contributed by atoms with Crippen LogP contribution in [0.1, 0.15) is 39.0 Å². The Balaban J connectivity index is 1.75. The van der Waals surface area contributed by atoms with Gasteiger partial charge >= 0.3 is 0 Å². The second kappa shape index (κ2) is 9.01. The topological polar surface area (TPSA) is 80.3 Å². The minimum absolute atomic E-state index is 0.141. The number of nitrogens with zero attached hydrogens (tertiary/aromatic N) is 1. The summed E-state index contributed by atoms with van der Waals surface area (Å²) in [4.78, 5) is 29.4. The lowest BCUT2D eigenvalue weighted by Gasteiger charge is -2.11. The fraction of sp³-hybridized carbons (Fsp3) is 0.174. The third-order valence-corrected chi connectivity index (χ3v) is 4.44. The number of rotatable bonds is 6. The van der Waals surface area contributed by atoms with Crippen LogP contribution in [0.5, 0.6) is 5.75 Å². The predicted octanol–water partition coefficient (Wildman–Crippen LogP) is 4.47. The van der Waals surface area contributed by atoms with Gasteiger partial charge < -0.3 is 15.4 Å². The highest BCUT2D eigenvalue weighted by molar-refractivity contribution is 6.06. The first-order valence-corrected chi connectivity index (χ1v) is 9.33. The molecule has 2 N–H and O–H groups in total. The van der Waals surface area contributed by atoms with Crippen LogP contribution < -0.4 is 15.4 Å². The zero-order valence-corrected chi connectivity index (χ0v) is 16.7. The number of anilines is 2. The zero-order chi connectivity index (χ0) is 20.8. The van der Waals surface area contributed by atoms with E-state index >= 15 is 0 Å². The summed E-state index contributed by atoms with van der Waals surface area (Å²) in [5.41, 5.74) is 3.69. The predicted molar refractivity (Wildman–Crippen MR) is 114 cm³/mol. The van der Waals surface area contributed by atoms with Crippen LogP contribution in [-0.2, 0) is 6.42 Å². The summed E-state index contributed by atoms with van der Waals surface area (Å²) in [6.07, 6.45) is 0.929. The van der Waals surface area contributed by atoms with Crippen molar-refractivity contribution in [2.75, 3.05) is 17.7 Å². The number of ether oxygens (including phenoxy) is 1. The van der Waals surface area contributed by atoms with Crippen molar-refractivity contribution in [3.8, 4) is 5.75 Å². The van der Waals surface area contributed by atoms with Crippen LogP contribution >= 0.6 is 0 Å². The van der Waals surface area contributed by atoms with E-state index in [0.29, 0.717) is 17.1 Å². The molecule has 148 valence electrons. The van der Waals surface area contributed by atoms with Crippen molar-refractivity contribution in [2.45, 2.75) is 20.3 Å². The molecule has 0 fully saturated rings. The second-order valence-corrected chi connectivity index (χ2v) is 6.57. The SMILES string of the molecule is CCc1ccc(NC(=O)c2cccc(C(=O)Nc3cc(C)ccc3OC)n2)cc1. The molecule has 0 saturated heterocycles. The van der Waals surface area contributed by atoms with Gasteiger partial charge in [-0.3, -0.25) is 9.59 Å². The summed E-state index contributed by atoms with van der Waals surface area (Å²) in [6.45, 7) is 3.99. The molecule has 1 aromatic heterocycles. The monoisotopic (exact) mass is 389 g/mol. The third kappa shape index (κ3) is 4.99. The van der Waals surface area contributed by atoms with Crippen LogP contribution in [0.2, 0.25) is 0 Å². The number of methoxy groups -OCH3 is 1. The maximum Gasteiger partial charge on any atom is 0.274 e. The number of benzene rings is 2. The fourth-order valence-corrected chi connectivity index (χ4v) is 2.81. The summed E-state index contributed by atoms with van der Waals surface area (Å²) in [5, 5.41) is 5.59. The van der Waals surface area contributed by atoms with E-state index in [0.717, 1.165) is 12.0 Å². The van der Waals surface area contributed by atoms with Gasteiger partial charge in [0.15, 0.2) is 0 Å². The van der Waals surface area contributed by atoms with Crippen LogP contribution in [0.3, 0.4) is 0 Å². The van der Waals surface area contributed by atoms with Gasteiger partial charge in [-0.2, -0.15) is 0 Å². The molecular formula is C23H23N3O3. The maximum atomic E-state index is 12.6. The Bertz CT molecular complexity index is 1030. The standard InChI is InChI=1S/C23H23N3O3/c1-4-16-9-11-17(12-10-16)24-22(27)18-6-5-7-19(25-18)23(28)26-20-14-15(2)8-13-21(20)29-3/h5-14H,4H2,1-3H3,(H,24,27)(H,26,28). The number of nitrogens with one attached hydrogen (secondary N) is 2. The first-order valence-electron chi connectivity index (χ1n) is 9.33. The molecule has 2 aromatic carbocycles. The normalized spacial score (nSPS) is 10.3. The van der Waals surface area contributed by atoms with Gasteiger partial charge in [0.25, 0.3) is 11.8 Å². The lowest BCUT2D eigenvalue weighted by molar-refractivity contribution is 0.101. The van der Waals surface area contributed by atoms with Crippen LogP contribution in [0.25, 0.3) is 0 Å². The van der Waals surface area contributed by atoms with Gasteiger partial charge in [-0.1, -0.05) is 31.2 Å². The molecule has 3 rings (SSSR count). The first-order chi connectivity index (χ1) is 14.0. The van der Waals surface area contributed by atoms with Crippen molar-refractivity contribution in [1.82, 2.24) is 4.98 Å². The van der Waals surface area contributed by atoms with E-state index in [1.165, 1.54) is 12.7 Å². The van der Waals surface area contributed by atoms with Crippen molar-refractivity contribution < 1.29 is 14.3 Å². The number of aryl methyl sites for hydroxylation is 2. The average molecular weight is 389 g/mol. The van der Waals surface area contributed by atoms with Crippen molar-refractivity contribution in [3.63, 3.8) is 0 Å². The summed E-state index contributed by atoms with van der Waals surface area (Å²) < 4.78 is 5.28. The molecule has 3 aromatic rings. The molecule has 6 heteroatoms.